The molecule has 0 fully saturated rings. The van der Waals surface area contributed by atoms with Crippen molar-refractivity contribution in [2.75, 3.05) is 6.54 Å². The molecule has 1 aliphatic rings. The minimum atomic E-state index is 0.0569. The quantitative estimate of drug-likeness (QED) is 0.699. The number of aliphatic hydroxyl groups is 1. The molecule has 0 bridgehead atoms. The molecule has 136 valence electrons. The van der Waals surface area contributed by atoms with Gasteiger partial charge in [-0.2, -0.15) is 0 Å². The number of aliphatic hydroxyl groups excluding tert-OH is 1. The van der Waals surface area contributed by atoms with E-state index >= 15 is 0 Å². The molecule has 0 aromatic heterocycles. The van der Waals surface area contributed by atoms with E-state index < -0.39 is 0 Å². The van der Waals surface area contributed by atoms with Gasteiger partial charge >= 0.3 is 0 Å². The smallest absolute Gasteiger partial charge is 0.220 e. The number of carbonyl (C=O) groups excluding carboxylic acids is 1. The molecule has 0 saturated heterocycles. The van der Waals surface area contributed by atoms with Crippen molar-refractivity contribution in [2.45, 2.75) is 25.4 Å². The molecule has 0 atom stereocenters. The van der Waals surface area contributed by atoms with Crippen molar-refractivity contribution in [3.8, 4) is 11.1 Å². The fourth-order valence-corrected chi connectivity index (χ4v) is 3.89. The average molecular weight is 357 g/mol. The van der Waals surface area contributed by atoms with Gasteiger partial charge in [-0.15, -0.1) is 0 Å². The molecule has 3 nitrogen and oxygen atoms in total. The molecule has 0 saturated carbocycles. The molecule has 4 rings (SSSR count). The van der Waals surface area contributed by atoms with Crippen LogP contribution < -0.4 is 5.32 Å². The lowest BCUT2D eigenvalue weighted by atomic mass is 9.93. The van der Waals surface area contributed by atoms with Crippen LogP contribution >= 0.6 is 0 Å². The summed E-state index contributed by atoms with van der Waals surface area (Å²) in [5.41, 5.74) is 7.04. The summed E-state index contributed by atoms with van der Waals surface area (Å²) in [6.07, 6.45) is 1.26. The summed E-state index contributed by atoms with van der Waals surface area (Å²) in [7, 11) is 0. The predicted octanol–water partition coefficient (Wildman–Crippen LogP) is 4.04. The Morgan fingerprint density at radius 3 is 1.96 bits per heavy atom. The summed E-state index contributed by atoms with van der Waals surface area (Å²) in [6, 6.07) is 24.6. The molecule has 0 unspecified atom stereocenters. The minimum absolute atomic E-state index is 0.0569. The van der Waals surface area contributed by atoms with Crippen molar-refractivity contribution >= 4 is 5.91 Å². The lowest BCUT2D eigenvalue weighted by Gasteiger charge is -2.13. The van der Waals surface area contributed by atoms with E-state index in [-0.39, 0.29) is 18.4 Å². The number of fused-ring (bicyclic) bond motifs is 3. The van der Waals surface area contributed by atoms with Crippen LogP contribution in [0.4, 0.5) is 0 Å². The van der Waals surface area contributed by atoms with Gasteiger partial charge in [0.2, 0.25) is 5.91 Å². The fraction of sp³-hybridized carbons (Fsp3) is 0.208. The maximum Gasteiger partial charge on any atom is 0.220 e. The summed E-state index contributed by atoms with van der Waals surface area (Å²) in [5.74, 6) is 0.208. The number of benzene rings is 3. The van der Waals surface area contributed by atoms with E-state index in [1.165, 1.54) is 22.3 Å². The normalized spacial score (nSPS) is 12.5. The molecule has 3 aromatic rings. The second-order valence-electron chi connectivity index (χ2n) is 7.01. The monoisotopic (exact) mass is 357 g/mol. The molecule has 0 spiro atoms. The zero-order chi connectivity index (χ0) is 18.6. The Morgan fingerprint density at radius 2 is 1.37 bits per heavy atom. The first kappa shape index (κ1) is 17.5. The summed E-state index contributed by atoms with van der Waals surface area (Å²) in [5, 5.41) is 12.2. The third-order valence-electron chi connectivity index (χ3n) is 5.29. The SMILES string of the molecule is O=C(CC1c2ccccc2-c2ccccc21)NCCc1ccc(CO)cc1. The molecule has 0 aliphatic heterocycles. The number of amides is 1. The second-order valence-corrected chi connectivity index (χ2v) is 7.01. The van der Waals surface area contributed by atoms with Crippen molar-refractivity contribution in [1.29, 1.82) is 0 Å². The standard InChI is InChI=1S/C24H23NO2/c26-16-18-11-9-17(10-12-18)13-14-25-24(27)15-23-21-7-3-1-5-19(21)20-6-2-4-8-22(20)23/h1-12,23,26H,13-16H2,(H,25,27). The van der Waals surface area contributed by atoms with Gasteiger partial charge in [-0.05, 0) is 39.8 Å². The molecule has 27 heavy (non-hydrogen) atoms. The first-order valence-corrected chi connectivity index (χ1v) is 9.40. The van der Waals surface area contributed by atoms with Gasteiger partial charge in [0.05, 0.1) is 6.61 Å². The van der Waals surface area contributed by atoms with Crippen molar-refractivity contribution in [2.24, 2.45) is 0 Å². The summed E-state index contributed by atoms with van der Waals surface area (Å²) < 4.78 is 0. The fourth-order valence-electron chi connectivity index (χ4n) is 3.89. The molecule has 0 heterocycles. The Kier molecular flexibility index (Phi) is 5.03. The van der Waals surface area contributed by atoms with E-state index in [4.69, 9.17) is 5.11 Å². The third-order valence-corrected chi connectivity index (χ3v) is 5.29. The third kappa shape index (κ3) is 3.64. The highest BCUT2D eigenvalue weighted by molar-refractivity contribution is 5.84. The van der Waals surface area contributed by atoms with Crippen molar-refractivity contribution in [3.63, 3.8) is 0 Å². The van der Waals surface area contributed by atoms with Gasteiger partial charge in [0, 0.05) is 18.9 Å². The van der Waals surface area contributed by atoms with Crippen molar-refractivity contribution in [3.05, 3.63) is 95.1 Å². The molecule has 0 radical (unpaired) electrons. The summed E-state index contributed by atoms with van der Waals surface area (Å²) >= 11 is 0. The highest BCUT2D eigenvalue weighted by Crippen LogP contribution is 2.45. The van der Waals surface area contributed by atoms with E-state index in [1.54, 1.807) is 0 Å². The van der Waals surface area contributed by atoms with Gasteiger partial charge in [-0.1, -0.05) is 72.8 Å². The number of nitrogens with one attached hydrogen (secondary N) is 1. The lowest BCUT2D eigenvalue weighted by Crippen LogP contribution is -2.27. The van der Waals surface area contributed by atoms with E-state index in [0.29, 0.717) is 13.0 Å². The number of hydrogen-bond donors (Lipinski definition) is 2. The molecular formula is C24H23NO2. The van der Waals surface area contributed by atoms with E-state index in [2.05, 4.69) is 41.7 Å². The summed E-state index contributed by atoms with van der Waals surface area (Å²) in [4.78, 5) is 12.6. The van der Waals surface area contributed by atoms with Crippen LogP contribution in [0.3, 0.4) is 0 Å². The highest BCUT2D eigenvalue weighted by Gasteiger charge is 2.29. The second kappa shape index (κ2) is 7.77. The van der Waals surface area contributed by atoms with Crippen LogP contribution in [0.5, 0.6) is 0 Å². The Balaban J connectivity index is 1.39. The van der Waals surface area contributed by atoms with Crippen LogP contribution in [0.15, 0.2) is 72.8 Å². The molecular weight excluding hydrogens is 334 g/mol. The Hall–Kier alpha value is -2.91. The number of carbonyl (C=O) groups is 1. The van der Waals surface area contributed by atoms with Crippen LogP contribution in [-0.2, 0) is 17.8 Å². The zero-order valence-electron chi connectivity index (χ0n) is 15.2. The van der Waals surface area contributed by atoms with Gasteiger partial charge in [-0.25, -0.2) is 0 Å². The summed E-state index contributed by atoms with van der Waals surface area (Å²) in [6.45, 7) is 0.675. The molecule has 2 N–H and O–H groups in total. The predicted molar refractivity (Wildman–Crippen MR) is 107 cm³/mol. The molecule has 3 aromatic carbocycles. The first-order valence-electron chi connectivity index (χ1n) is 9.40. The van der Waals surface area contributed by atoms with Crippen LogP contribution in [0, 0.1) is 0 Å². The van der Waals surface area contributed by atoms with Gasteiger partial charge < -0.3 is 10.4 Å². The van der Waals surface area contributed by atoms with Gasteiger partial charge in [0.1, 0.15) is 0 Å². The van der Waals surface area contributed by atoms with Crippen molar-refractivity contribution < 1.29 is 9.90 Å². The Morgan fingerprint density at radius 1 is 0.815 bits per heavy atom. The van der Waals surface area contributed by atoms with Crippen LogP contribution in [0.2, 0.25) is 0 Å². The van der Waals surface area contributed by atoms with Gasteiger partial charge in [0.15, 0.2) is 0 Å². The number of hydrogen-bond acceptors (Lipinski definition) is 2. The lowest BCUT2D eigenvalue weighted by molar-refractivity contribution is -0.121. The average Bonchev–Trinajstić information content (AvgIpc) is 3.03. The zero-order valence-corrected chi connectivity index (χ0v) is 15.2. The van der Waals surface area contributed by atoms with E-state index in [1.807, 2.05) is 36.4 Å². The maximum absolute atomic E-state index is 12.6. The Labute approximate surface area is 159 Å². The Bertz CT molecular complexity index is 901. The number of rotatable bonds is 6. The van der Waals surface area contributed by atoms with E-state index in [0.717, 1.165) is 17.5 Å². The molecule has 1 amide bonds. The first-order chi connectivity index (χ1) is 13.3. The molecule has 3 heteroatoms. The largest absolute Gasteiger partial charge is 0.392 e. The van der Waals surface area contributed by atoms with Crippen LogP contribution in [0.1, 0.15) is 34.6 Å². The minimum Gasteiger partial charge on any atom is -0.392 e. The highest BCUT2D eigenvalue weighted by atomic mass is 16.3. The molecule has 1 aliphatic carbocycles. The van der Waals surface area contributed by atoms with Crippen molar-refractivity contribution in [1.82, 2.24) is 5.32 Å². The van der Waals surface area contributed by atoms with Crippen LogP contribution in [-0.4, -0.2) is 17.6 Å². The van der Waals surface area contributed by atoms with Gasteiger partial charge in [0.25, 0.3) is 0 Å². The van der Waals surface area contributed by atoms with Gasteiger partial charge in [-0.3, -0.25) is 4.79 Å². The van der Waals surface area contributed by atoms with Crippen LogP contribution in [0.25, 0.3) is 11.1 Å². The van der Waals surface area contributed by atoms with E-state index in [9.17, 15) is 4.79 Å². The topological polar surface area (TPSA) is 49.3 Å². The maximum atomic E-state index is 12.6.